The molecule has 0 bridgehead atoms. The van der Waals surface area contributed by atoms with Crippen LogP contribution in [0.3, 0.4) is 0 Å². The van der Waals surface area contributed by atoms with E-state index in [1.807, 2.05) is 6.92 Å². The van der Waals surface area contributed by atoms with E-state index in [1.165, 1.54) is 6.07 Å². The van der Waals surface area contributed by atoms with Crippen molar-refractivity contribution in [2.45, 2.75) is 18.4 Å². The van der Waals surface area contributed by atoms with Gasteiger partial charge in [0.1, 0.15) is 0 Å². The van der Waals surface area contributed by atoms with E-state index in [0.717, 1.165) is 10.6 Å². The van der Waals surface area contributed by atoms with E-state index in [4.69, 9.17) is 5.11 Å². The molecule has 76 valence electrons. The van der Waals surface area contributed by atoms with Gasteiger partial charge in [0.15, 0.2) is 0 Å². The van der Waals surface area contributed by atoms with E-state index in [2.05, 4.69) is 0 Å². The molecule has 0 unspecified atom stereocenters. The molecule has 0 heterocycles. The van der Waals surface area contributed by atoms with Gasteiger partial charge in [0, 0.05) is 11.0 Å². The molecule has 1 aromatic rings. The largest absolute Gasteiger partial charge is 0.391 e. The van der Waals surface area contributed by atoms with Crippen molar-refractivity contribution >= 4 is 17.4 Å². The van der Waals surface area contributed by atoms with Gasteiger partial charge in [0.2, 0.25) is 0 Å². The van der Waals surface area contributed by atoms with Gasteiger partial charge in [-0.25, -0.2) is 0 Å². The number of thioether (sulfide) groups is 1. The molecule has 0 radical (unpaired) electrons. The van der Waals surface area contributed by atoms with Crippen LogP contribution in [0.25, 0.3) is 0 Å². The summed E-state index contributed by atoms with van der Waals surface area (Å²) in [7, 11) is 0. The summed E-state index contributed by atoms with van der Waals surface area (Å²) in [5, 5.41) is 19.5. The molecule has 1 rings (SSSR count). The van der Waals surface area contributed by atoms with E-state index in [1.54, 1.807) is 23.9 Å². The average molecular weight is 213 g/mol. The summed E-state index contributed by atoms with van der Waals surface area (Å²) in [4.78, 5) is 11.0. The average Bonchev–Trinajstić information content (AvgIpc) is 2.17. The Labute approximate surface area is 86.1 Å². The van der Waals surface area contributed by atoms with Gasteiger partial charge in [-0.05, 0) is 17.9 Å². The minimum absolute atomic E-state index is 0.0204. The number of aliphatic hydroxyl groups is 1. The summed E-state index contributed by atoms with van der Waals surface area (Å²) in [6, 6.07) is 4.79. The Kier molecular flexibility index (Phi) is 3.91. The second-order valence-electron chi connectivity index (χ2n) is 2.64. The summed E-state index contributed by atoms with van der Waals surface area (Å²) < 4.78 is 0. The van der Waals surface area contributed by atoms with Gasteiger partial charge in [-0.3, -0.25) is 10.1 Å². The molecule has 0 amide bonds. The highest BCUT2D eigenvalue weighted by Crippen LogP contribution is 2.25. The van der Waals surface area contributed by atoms with Gasteiger partial charge in [-0.15, -0.1) is 11.8 Å². The standard InChI is InChI=1S/C9H11NO3S/c1-2-14-8-3-4-9(10(12)13)7(5-8)6-11/h3-5,11H,2,6H2,1H3. The number of hydrogen-bond acceptors (Lipinski definition) is 4. The normalized spacial score (nSPS) is 10.1. The van der Waals surface area contributed by atoms with Crippen molar-refractivity contribution in [2.75, 3.05) is 5.75 Å². The van der Waals surface area contributed by atoms with Crippen LogP contribution < -0.4 is 0 Å². The van der Waals surface area contributed by atoms with Crippen molar-refractivity contribution in [3.63, 3.8) is 0 Å². The van der Waals surface area contributed by atoms with E-state index < -0.39 is 4.92 Å². The monoisotopic (exact) mass is 213 g/mol. The Hall–Kier alpha value is -1.07. The Morgan fingerprint density at radius 2 is 2.29 bits per heavy atom. The molecule has 0 fully saturated rings. The van der Waals surface area contributed by atoms with E-state index >= 15 is 0 Å². The van der Waals surface area contributed by atoms with Crippen molar-refractivity contribution in [3.05, 3.63) is 33.9 Å². The van der Waals surface area contributed by atoms with Gasteiger partial charge in [-0.2, -0.15) is 0 Å². The quantitative estimate of drug-likeness (QED) is 0.473. The molecule has 0 atom stereocenters. The number of aliphatic hydroxyl groups excluding tert-OH is 1. The highest BCUT2D eigenvalue weighted by Gasteiger charge is 2.12. The summed E-state index contributed by atoms with van der Waals surface area (Å²) in [5.41, 5.74) is 0.349. The molecule has 5 heteroatoms. The molecule has 0 aliphatic heterocycles. The lowest BCUT2D eigenvalue weighted by Crippen LogP contribution is -1.95. The van der Waals surface area contributed by atoms with E-state index in [-0.39, 0.29) is 12.3 Å². The number of nitro groups is 1. The molecule has 0 spiro atoms. The number of nitrogens with zero attached hydrogens (tertiary/aromatic N) is 1. The zero-order valence-corrected chi connectivity index (χ0v) is 8.58. The molecule has 0 aliphatic rings. The molecule has 0 saturated heterocycles. The first-order valence-electron chi connectivity index (χ1n) is 4.20. The summed E-state index contributed by atoms with van der Waals surface area (Å²) in [6.07, 6.45) is 0. The van der Waals surface area contributed by atoms with Gasteiger partial charge in [0.05, 0.1) is 17.1 Å². The maximum Gasteiger partial charge on any atom is 0.274 e. The molecule has 1 N–H and O–H groups in total. The zero-order valence-electron chi connectivity index (χ0n) is 7.77. The third-order valence-electron chi connectivity index (χ3n) is 1.73. The molecule has 0 aromatic heterocycles. The van der Waals surface area contributed by atoms with Crippen LogP contribution >= 0.6 is 11.8 Å². The Balaban J connectivity index is 3.05. The lowest BCUT2D eigenvalue weighted by Gasteiger charge is -2.02. The second kappa shape index (κ2) is 4.97. The maximum atomic E-state index is 10.5. The minimum Gasteiger partial charge on any atom is -0.391 e. The summed E-state index contributed by atoms with van der Waals surface area (Å²) in [5.74, 6) is 0.905. The third kappa shape index (κ3) is 2.46. The number of hydrogen-bond donors (Lipinski definition) is 1. The molecular weight excluding hydrogens is 202 g/mol. The molecule has 0 aliphatic carbocycles. The predicted molar refractivity (Wildman–Crippen MR) is 55.4 cm³/mol. The molecule has 14 heavy (non-hydrogen) atoms. The van der Waals surface area contributed by atoms with Crippen molar-refractivity contribution in [1.82, 2.24) is 0 Å². The topological polar surface area (TPSA) is 63.4 Å². The van der Waals surface area contributed by atoms with Crippen molar-refractivity contribution < 1.29 is 10.0 Å². The number of benzene rings is 1. The number of rotatable bonds is 4. The van der Waals surface area contributed by atoms with Gasteiger partial charge < -0.3 is 5.11 Å². The smallest absolute Gasteiger partial charge is 0.274 e. The SMILES string of the molecule is CCSc1ccc([N+](=O)[O-])c(CO)c1. The van der Waals surface area contributed by atoms with Gasteiger partial charge in [0.25, 0.3) is 5.69 Å². The first-order chi connectivity index (χ1) is 6.69. The lowest BCUT2D eigenvalue weighted by atomic mass is 10.2. The van der Waals surface area contributed by atoms with Crippen LogP contribution in [0.1, 0.15) is 12.5 Å². The molecule has 4 nitrogen and oxygen atoms in total. The van der Waals surface area contributed by atoms with Crippen molar-refractivity contribution in [3.8, 4) is 0 Å². The van der Waals surface area contributed by atoms with Gasteiger partial charge >= 0.3 is 0 Å². The van der Waals surface area contributed by atoms with Crippen molar-refractivity contribution in [1.29, 1.82) is 0 Å². The fourth-order valence-corrected chi connectivity index (χ4v) is 1.85. The van der Waals surface area contributed by atoms with Crippen LogP contribution in [0.4, 0.5) is 5.69 Å². The van der Waals surface area contributed by atoms with Crippen LogP contribution in [0.5, 0.6) is 0 Å². The first-order valence-corrected chi connectivity index (χ1v) is 5.18. The minimum atomic E-state index is -0.480. The second-order valence-corrected chi connectivity index (χ2v) is 3.98. The molecular formula is C9H11NO3S. The molecule has 1 aromatic carbocycles. The Bertz CT molecular complexity index is 341. The van der Waals surface area contributed by atoms with Crippen LogP contribution in [-0.4, -0.2) is 15.8 Å². The van der Waals surface area contributed by atoms with E-state index in [0.29, 0.717) is 5.56 Å². The van der Waals surface area contributed by atoms with Crippen LogP contribution in [0, 0.1) is 10.1 Å². The maximum absolute atomic E-state index is 10.5. The Morgan fingerprint density at radius 1 is 1.57 bits per heavy atom. The first kappa shape index (κ1) is 11.0. The van der Waals surface area contributed by atoms with Crippen molar-refractivity contribution in [2.24, 2.45) is 0 Å². The fourth-order valence-electron chi connectivity index (χ4n) is 1.12. The predicted octanol–water partition coefficient (Wildman–Crippen LogP) is 2.20. The third-order valence-corrected chi connectivity index (χ3v) is 2.60. The lowest BCUT2D eigenvalue weighted by molar-refractivity contribution is -0.385. The van der Waals surface area contributed by atoms with Gasteiger partial charge in [-0.1, -0.05) is 6.92 Å². The van der Waals surface area contributed by atoms with Crippen LogP contribution in [-0.2, 0) is 6.61 Å². The summed E-state index contributed by atoms with van der Waals surface area (Å²) >= 11 is 1.59. The van der Waals surface area contributed by atoms with Crippen LogP contribution in [0.2, 0.25) is 0 Å². The zero-order chi connectivity index (χ0) is 10.6. The Morgan fingerprint density at radius 3 is 2.79 bits per heavy atom. The molecule has 0 saturated carbocycles. The number of nitro benzene ring substituents is 1. The van der Waals surface area contributed by atoms with Crippen LogP contribution in [0.15, 0.2) is 23.1 Å². The highest BCUT2D eigenvalue weighted by atomic mass is 32.2. The van der Waals surface area contributed by atoms with E-state index in [9.17, 15) is 10.1 Å². The summed E-state index contributed by atoms with van der Waals surface area (Å²) in [6.45, 7) is 1.71. The highest BCUT2D eigenvalue weighted by molar-refractivity contribution is 7.99. The fraction of sp³-hybridized carbons (Fsp3) is 0.333.